The van der Waals surface area contributed by atoms with E-state index in [-0.39, 0.29) is 11.7 Å². The van der Waals surface area contributed by atoms with Crippen LogP contribution in [-0.2, 0) is 9.59 Å². The summed E-state index contributed by atoms with van der Waals surface area (Å²) in [6, 6.07) is 7.06. The Morgan fingerprint density at radius 2 is 1.75 bits per heavy atom. The molecule has 0 saturated heterocycles. The molecule has 102 valence electrons. The SMILES string of the molecule is CC(=O)Nc1ccc(N/N=C2\C=C(C)C=CC2=O)cc1. The predicted octanol–water partition coefficient (Wildman–Crippen LogP) is 2.50. The molecule has 0 radical (unpaired) electrons. The van der Waals surface area contributed by atoms with Crippen LogP contribution in [-0.4, -0.2) is 17.4 Å². The number of benzene rings is 1. The molecule has 1 aromatic rings. The van der Waals surface area contributed by atoms with E-state index in [0.29, 0.717) is 11.4 Å². The summed E-state index contributed by atoms with van der Waals surface area (Å²) < 4.78 is 0. The quantitative estimate of drug-likeness (QED) is 0.654. The lowest BCUT2D eigenvalue weighted by Gasteiger charge is -2.06. The number of ketones is 1. The van der Waals surface area contributed by atoms with E-state index in [1.54, 1.807) is 36.4 Å². The molecule has 5 nitrogen and oxygen atoms in total. The van der Waals surface area contributed by atoms with Crippen molar-refractivity contribution in [3.05, 3.63) is 48.1 Å². The number of anilines is 2. The minimum Gasteiger partial charge on any atom is -0.326 e. The summed E-state index contributed by atoms with van der Waals surface area (Å²) in [5, 5.41) is 6.75. The highest BCUT2D eigenvalue weighted by Crippen LogP contribution is 2.14. The van der Waals surface area contributed by atoms with Crippen molar-refractivity contribution >= 4 is 28.8 Å². The van der Waals surface area contributed by atoms with E-state index in [4.69, 9.17) is 0 Å². The first-order valence-corrected chi connectivity index (χ1v) is 6.16. The van der Waals surface area contributed by atoms with Gasteiger partial charge in [-0.25, -0.2) is 0 Å². The summed E-state index contributed by atoms with van der Waals surface area (Å²) in [6.45, 7) is 3.36. The van der Waals surface area contributed by atoms with Gasteiger partial charge in [-0.15, -0.1) is 0 Å². The van der Waals surface area contributed by atoms with Crippen LogP contribution < -0.4 is 10.7 Å². The van der Waals surface area contributed by atoms with Crippen LogP contribution in [0.1, 0.15) is 13.8 Å². The molecule has 20 heavy (non-hydrogen) atoms. The smallest absolute Gasteiger partial charge is 0.221 e. The lowest BCUT2D eigenvalue weighted by molar-refractivity contribution is -0.114. The molecule has 5 heteroatoms. The summed E-state index contributed by atoms with van der Waals surface area (Å²) in [5.74, 6) is -0.246. The van der Waals surface area contributed by atoms with E-state index in [2.05, 4.69) is 15.8 Å². The normalized spacial score (nSPS) is 16.0. The Bertz CT molecular complexity index is 625. The molecule has 1 amide bonds. The van der Waals surface area contributed by atoms with Crippen LogP contribution in [0, 0.1) is 0 Å². The zero-order chi connectivity index (χ0) is 14.5. The number of hydrogen-bond donors (Lipinski definition) is 2. The Morgan fingerprint density at radius 3 is 2.40 bits per heavy atom. The summed E-state index contributed by atoms with van der Waals surface area (Å²) in [4.78, 5) is 22.5. The highest BCUT2D eigenvalue weighted by Gasteiger charge is 2.09. The number of nitrogens with one attached hydrogen (secondary N) is 2. The Kier molecular flexibility index (Phi) is 4.10. The van der Waals surface area contributed by atoms with Crippen molar-refractivity contribution in [2.24, 2.45) is 5.10 Å². The van der Waals surface area contributed by atoms with Crippen LogP contribution in [0.15, 0.2) is 53.2 Å². The number of carbonyl (C=O) groups is 2. The van der Waals surface area contributed by atoms with Gasteiger partial charge in [0.1, 0.15) is 5.71 Å². The van der Waals surface area contributed by atoms with Crippen LogP contribution in [0.4, 0.5) is 11.4 Å². The second-order valence-corrected chi connectivity index (χ2v) is 4.45. The van der Waals surface area contributed by atoms with Gasteiger partial charge < -0.3 is 5.32 Å². The van der Waals surface area contributed by atoms with E-state index >= 15 is 0 Å². The van der Waals surface area contributed by atoms with Crippen molar-refractivity contribution in [2.75, 3.05) is 10.7 Å². The minimum atomic E-state index is -0.127. The van der Waals surface area contributed by atoms with Crippen LogP contribution in [0.25, 0.3) is 0 Å². The van der Waals surface area contributed by atoms with Crippen molar-refractivity contribution in [3.63, 3.8) is 0 Å². The highest BCUT2D eigenvalue weighted by molar-refractivity contribution is 6.49. The molecule has 0 bridgehead atoms. The molecule has 2 N–H and O–H groups in total. The van der Waals surface area contributed by atoms with E-state index < -0.39 is 0 Å². The fourth-order valence-electron chi connectivity index (χ4n) is 1.67. The van der Waals surface area contributed by atoms with E-state index in [1.807, 2.05) is 6.92 Å². The first kappa shape index (κ1) is 13.7. The maximum atomic E-state index is 11.6. The Morgan fingerprint density at radius 1 is 1.10 bits per heavy atom. The maximum absolute atomic E-state index is 11.6. The van der Waals surface area contributed by atoms with Gasteiger partial charge in [0, 0.05) is 12.6 Å². The zero-order valence-electron chi connectivity index (χ0n) is 11.3. The molecule has 0 atom stereocenters. The second-order valence-electron chi connectivity index (χ2n) is 4.45. The van der Waals surface area contributed by atoms with Gasteiger partial charge in [-0.1, -0.05) is 6.08 Å². The second kappa shape index (κ2) is 5.97. The molecule has 0 aliphatic heterocycles. The lowest BCUT2D eigenvalue weighted by Crippen LogP contribution is -2.14. The third kappa shape index (κ3) is 3.65. The third-order valence-corrected chi connectivity index (χ3v) is 2.63. The number of hydrogen-bond acceptors (Lipinski definition) is 4. The zero-order valence-corrected chi connectivity index (χ0v) is 11.3. The van der Waals surface area contributed by atoms with Crippen LogP contribution in [0.3, 0.4) is 0 Å². The van der Waals surface area contributed by atoms with Gasteiger partial charge in [0.25, 0.3) is 0 Å². The van der Waals surface area contributed by atoms with Crippen molar-refractivity contribution in [3.8, 4) is 0 Å². The van der Waals surface area contributed by atoms with Crippen molar-refractivity contribution in [1.29, 1.82) is 0 Å². The summed E-state index contributed by atoms with van der Waals surface area (Å²) in [6.07, 6.45) is 4.97. The number of amides is 1. The molecular weight excluding hydrogens is 254 g/mol. The summed E-state index contributed by atoms with van der Waals surface area (Å²) in [7, 11) is 0. The molecule has 1 aromatic carbocycles. The van der Waals surface area contributed by atoms with Crippen molar-refractivity contribution < 1.29 is 9.59 Å². The minimum absolute atomic E-state index is 0.119. The number of rotatable bonds is 3. The fourth-order valence-corrected chi connectivity index (χ4v) is 1.67. The third-order valence-electron chi connectivity index (χ3n) is 2.63. The number of nitrogens with zero attached hydrogens (tertiary/aromatic N) is 1. The monoisotopic (exact) mass is 269 g/mol. The van der Waals surface area contributed by atoms with Gasteiger partial charge in [-0.05, 0) is 48.9 Å². The van der Waals surface area contributed by atoms with Crippen molar-refractivity contribution in [2.45, 2.75) is 13.8 Å². The van der Waals surface area contributed by atoms with Crippen LogP contribution in [0.5, 0.6) is 0 Å². The Labute approximate surface area is 117 Å². The Hall–Kier alpha value is -2.69. The molecule has 0 spiro atoms. The van der Waals surface area contributed by atoms with Gasteiger partial charge in [0.15, 0.2) is 0 Å². The largest absolute Gasteiger partial charge is 0.326 e. The van der Waals surface area contributed by atoms with Crippen LogP contribution >= 0.6 is 0 Å². The van der Waals surface area contributed by atoms with Crippen LogP contribution in [0.2, 0.25) is 0 Å². The average Bonchev–Trinajstić information content (AvgIpc) is 2.41. The molecule has 0 aromatic heterocycles. The van der Waals surface area contributed by atoms with Crippen molar-refractivity contribution in [1.82, 2.24) is 0 Å². The van der Waals surface area contributed by atoms with E-state index in [9.17, 15) is 9.59 Å². The fraction of sp³-hybridized carbons (Fsp3) is 0.133. The first-order chi connectivity index (χ1) is 9.54. The standard InChI is InChI=1S/C15H15N3O2/c1-10-3-8-15(20)14(9-10)18-17-13-6-4-12(5-7-13)16-11(2)19/h3-9,17H,1-2H3,(H,16,19)/b18-14+. The number of carbonyl (C=O) groups excluding carboxylic acids is 2. The molecule has 2 rings (SSSR count). The molecule has 0 unspecified atom stereocenters. The Balaban J connectivity index is 2.05. The lowest BCUT2D eigenvalue weighted by atomic mass is 10.1. The van der Waals surface area contributed by atoms with Gasteiger partial charge in [-0.3, -0.25) is 15.0 Å². The molecular formula is C15H15N3O2. The first-order valence-electron chi connectivity index (χ1n) is 6.16. The topological polar surface area (TPSA) is 70.6 Å². The number of allylic oxidation sites excluding steroid dienone is 4. The average molecular weight is 269 g/mol. The van der Waals surface area contributed by atoms with E-state index in [1.165, 1.54) is 13.0 Å². The van der Waals surface area contributed by atoms with Gasteiger partial charge >= 0.3 is 0 Å². The van der Waals surface area contributed by atoms with Gasteiger partial charge in [-0.2, -0.15) is 5.10 Å². The van der Waals surface area contributed by atoms with E-state index in [0.717, 1.165) is 11.3 Å². The summed E-state index contributed by atoms with van der Waals surface area (Å²) >= 11 is 0. The molecule has 1 aliphatic carbocycles. The highest BCUT2D eigenvalue weighted by atomic mass is 16.1. The molecule has 1 aliphatic rings. The maximum Gasteiger partial charge on any atom is 0.221 e. The van der Waals surface area contributed by atoms with Gasteiger partial charge in [0.2, 0.25) is 11.7 Å². The molecule has 0 fully saturated rings. The molecule has 0 saturated carbocycles. The molecule has 0 heterocycles. The number of hydrazone groups is 1. The summed E-state index contributed by atoms with van der Waals surface area (Å²) in [5.41, 5.74) is 5.62. The van der Waals surface area contributed by atoms with Gasteiger partial charge in [0.05, 0.1) is 5.69 Å². The predicted molar refractivity (Wildman–Crippen MR) is 79.7 cm³/mol.